The number of rotatable bonds is 8. The third-order valence-corrected chi connectivity index (χ3v) is 4.86. The summed E-state index contributed by atoms with van der Waals surface area (Å²) in [6.07, 6.45) is 3.96. The summed E-state index contributed by atoms with van der Waals surface area (Å²) in [4.78, 5) is 23.2. The van der Waals surface area contributed by atoms with Gasteiger partial charge in [-0.25, -0.2) is 4.79 Å². The maximum atomic E-state index is 11.8. The summed E-state index contributed by atoms with van der Waals surface area (Å²) in [6.45, 7) is 6.58. The molecule has 0 saturated carbocycles. The Morgan fingerprint density at radius 1 is 1.10 bits per heavy atom. The van der Waals surface area contributed by atoms with E-state index in [-0.39, 0.29) is 5.70 Å². The van der Waals surface area contributed by atoms with Gasteiger partial charge in [0.1, 0.15) is 12.3 Å². The molecule has 0 bridgehead atoms. The zero-order valence-corrected chi connectivity index (χ0v) is 18.1. The quantitative estimate of drug-likeness (QED) is 0.245. The minimum Gasteiger partial charge on any atom is -0.490 e. The smallest absolute Gasteiger partial charge is 0.326 e. The second kappa shape index (κ2) is 9.60. The number of allylic oxidation sites excluding steroid dienone is 1. The number of ether oxygens (including phenoxy) is 2. The largest absolute Gasteiger partial charge is 0.490 e. The number of carbonyl (C=O) groups is 2. The van der Waals surface area contributed by atoms with Crippen molar-refractivity contribution in [3.05, 3.63) is 75.0 Å². The molecule has 3 rings (SSSR count). The number of imide groups is 1. The minimum atomic E-state index is -0.532. The van der Waals surface area contributed by atoms with Gasteiger partial charge in [0.2, 0.25) is 0 Å². The van der Waals surface area contributed by atoms with Crippen LogP contribution >= 0.6 is 22.6 Å². The van der Waals surface area contributed by atoms with E-state index in [1.54, 1.807) is 18.2 Å². The molecule has 29 heavy (non-hydrogen) atoms. The van der Waals surface area contributed by atoms with Crippen LogP contribution in [-0.2, 0) is 17.8 Å². The number of amides is 3. The highest BCUT2D eigenvalue weighted by atomic mass is 127. The molecule has 7 heteroatoms. The van der Waals surface area contributed by atoms with E-state index in [1.807, 2.05) is 37.3 Å². The Morgan fingerprint density at radius 3 is 2.48 bits per heavy atom. The van der Waals surface area contributed by atoms with Crippen LogP contribution in [-0.4, -0.2) is 18.5 Å². The van der Waals surface area contributed by atoms with Crippen molar-refractivity contribution in [1.29, 1.82) is 0 Å². The molecule has 0 aromatic heterocycles. The monoisotopic (exact) mass is 504 g/mol. The van der Waals surface area contributed by atoms with E-state index in [4.69, 9.17) is 9.47 Å². The Labute approximate surface area is 183 Å². The number of hydrogen-bond donors (Lipinski definition) is 2. The van der Waals surface area contributed by atoms with Crippen LogP contribution in [0.2, 0.25) is 0 Å². The van der Waals surface area contributed by atoms with Gasteiger partial charge in [-0.3, -0.25) is 10.1 Å². The summed E-state index contributed by atoms with van der Waals surface area (Å²) in [7, 11) is 0. The van der Waals surface area contributed by atoms with E-state index >= 15 is 0 Å². The first-order chi connectivity index (χ1) is 14.0. The van der Waals surface area contributed by atoms with Crippen LogP contribution in [0, 0.1) is 3.57 Å². The number of nitrogens with one attached hydrogen (secondary N) is 2. The number of hydrogen-bond acceptors (Lipinski definition) is 4. The molecular weight excluding hydrogens is 483 g/mol. The molecule has 0 unspecified atom stereocenters. The van der Waals surface area contributed by atoms with Crippen LogP contribution in [0.1, 0.15) is 23.6 Å². The van der Waals surface area contributed by atoms with Crippen LogP contribution in [0.3, 0.4) is 0 Å². The van der Waals surface area contributed by atoms with Crippen molar-refractivity contribution in [3.8, 4) is 11.5 Å². The Hall–Kier alpha value is -2.81. The van der Waals surface area contributed by atoms with Crippen molar-refractivity contribution in [3.63, 3.8) is 0 Å². The molecule has 1 heterocycles. The van der Waals surface area contributed by atoms with Crippen LogP contribution in [0.25, 0.3) is 6.08 Å². The van der Waals surface area contributed by atoms with Gasteiger partial charge in [0, 0.05) is 9.13 Å². The highest BCUT2D eigenvalue weighted by Gasteiger charge is 2.23. The lowest BCUT2D eigenvalue weighted by Gasteiger charge is -2.17. The van der Waals surface area contributed by atoms with E-state index in [9.17, 15) is 9.59 Å². The van der Waals surface area contributed by atoms with E-state index in [0.29, 0.717) is 31.1 Å². The molecule has 3 amide bonds. The molecule has 150 valence electrons. The third-order valence-electron chi connectivity index (χ3n) is 4.15. The number of benzene rings is 2. The van der Waals surface area contributed by atoms with Crippen molar-refractivity contribution >= 4 is 40.6 Å². The molecule has 0 aliphatic carbocycles. The standard InChI is InChI=1S/C22H21IN2O4/c1-3-5-16-10-15(11-18-21(26)25-22(27)24-18)12-19(28-4-2)20(16)29-13-14-6-8-17(23)9-7-14/h3,6-12H,1,4-5,13H2,2H3,(H2,24,25,26,27)/b18-11+. The van der Waals surface area contributed by atoms with Gasteiger partial charge < -0.3 is 14.8 Å². The lowest BCUT2D eigenvalue weighted by Crippen LogP contribution is -2.22. The highest BCUT2D eigenvalue weighted by molar-refractivity contribution is 14.1. The van der Waals surface area contributed by atoms with E-state index < -0.39 is 11.9 Å². The lowest BCUT2D eigenvalue weighted by molar-refractivity contribution is -0.115. The molecule has 2 aromatic rings. The Bertz CT molecular complexity index is 968. The van der Waals surface area contributed by atoms with Crippen molar-refractivity contribution in [2.24, 2.45) is 0 Å². The van der Waals surface area contributed by atoms with E-state index in [2.05, 4.69) is 39.8 Å². The summed E-state index contributed by atoms with van der Waals surface area (Å²) in [5.74, 6) is 0.763. The molecule has 6 nitrogen and oxygen atoms in total. The zero-order chi connectivity index (χ0) is 20.8. The van der Waals surface area contributed by atoms with Crippen LogP contribution in [0.15, 0.2) is 54.8 Å². The van der Waals surface area contributed by atoms with Gasteiger partial charge in [0.05, 0.1) is 6.61 Å². The average molecular weight is 504 g/mol. The first-order valence-corrected chi connectivity index (χ1v) is 10.2. The molecule has 0 radical (unpaired) electrons. The molecule has 0 atom stereocenters. The molecule has 2 N–H and O–H groups in total. The van der Waals surface area contributed by atoms with Gasteiger partial charge >= 0.3 is 6.03 Å². The van der Waals surface area contributed by atoms with Crippen molar-refractivity contribution in [2.45, 2.75) is 20.0 Å². The number of carbonyl (C=O) groups excluding carboxylic acids is 2. The van der Waals surface area contributed by atoms with E-state index in [0.717, 1.165) is 20.3 Å². The molecule has 1 saturated heterocycles. The second-order valence-electron chi connectivity index (χ2n) is 6.31. The number of halogens is 1. The fourth-order valence-electron chi connectivity index (χ4n) is 2.89. The van der Waals surface area contributed by atoms with Gasteiger partial charge in [-0.1, -0.05) is 18.2 Å². The molecule has 1 aliphatic heterocycles. The molecule has 1 aliphatic rings. The summed E-state index contributed by atoms with van der Waals surface area (Å²) in [6, 6.07) is 11.3. The Morgan fingerprint density at radius 2 is 1.86 bits per heavy atom. The first-order valence-electron chi connectivity index (χ1n) is 9.12. The zero-order valence-electron chi connectivity index (χ0n) is 16.0. The third kappa shape index (κ3) is 5.38. The Kier molecular flexibility index (Phi) is 6.92. The number of urea groups is 1. The van der Waals surface area contributed by atoms with Gasteiger partial charge in [0.25, 0.3) is 5.91 Å². The fraction of sp³-hybridized carbons (Fsp3) is 0.182. The van der Waals surface area contributed by atoms with E-state index in [1.165, 1.54) is 0 Å². The van der Waals surface area contributed by atoms with Crippen LogP contribution < -0.4 is 20.1 Å². The van der Waals surface area contributed by atoms with Crippen molar-refractivity contribution in [1.82, 2.24) is 10.6 Å². The normalized spacial score (nSPS) is 14.5. The highest BCUT2D eigenvalue weighted by Crippen LogP contribution is 2.35. The maximum absolute atomic E-state index is 11.8. The predicted molar refractivity (Wildman–Crippen MR) is 120 cm³/mol. The van der Waals surface area contributed by atoms with Gasteiger partial charge in [0.15, 0.2) is 11.5 Å². The molecule has 0 spiro atoms. The molecule has 2 aromatic carbocycles. The van der Waals surface area contributed by atoms with Gasteiger partial charge in [-0.15, -0.1) is 6.58 Å². The summed E-state index contributed by atoms with van der Waals surface area (Å²) < 4.78 is 13.1. The minimum absolute atomic E-state index is 0.189. The van der Waals surface area contributed by atoms with Crippen molar-refractivity contribution < 1.29 is 19.1 Å². The topological polar surface area (TPSA) is 76.7 Å². The SMILES string of the molecule is C=CCc1cc(/C=C2/NC(=O)NC2=O)cc(OCC)c1OCc1ccc(I)cc1. The predicted octanol–water partition coefficient (Wildman–Crippen LogP) is 4.18. The van der Waals surface area contributed by atoms with Gasteiger partial charge in [-0.05, 0) is 77.4 Å². The first kappa shape index (κ1) is 20.9. The average Bonchev–Trinajstić information content (AvgIpc) is 3.00. The Balaban J connectivity index is 1.94. The summed E-state index contributed by atoms with van der Waals surface area (Å²) in [5.41, 5.74) is 2.84. The molecule has 1 fully saturated rings. The van der Waals surface area contributed by atoms with Crippen LogP contribution in [0.4, 0.5) is 4.79 Å². The second-order valence-corrected chi connectivity index (χ2v) is 7.56. The van der Waals surface area contributed by atoms with Crippen LogP contribution in [0.5, 0.6) is 11.5 Å². The van der Waals surface area contributed by atoms with Gasteiger partial charge in [-0.2, -0.15) is 0 Å². The van der Waals surface area contributed by atoms with Crippen molar-refractivity contribution in [2.75, 3.05) is 6.61 Å². The fourth-order valence-corrected chi connectivity index (χ4v) is 3.25. The maximum Gasteiger partial charge on any atom is 0.326 e. The lowest BCUT2D eigenvalue weighted by atomic mass is 10.0. The molecular formula is C22H21IN2O4. The summed E-state index contributed by atoms with van der Waals surface area (Å²) in [5, 5.41) is 4.68. The summed E-state index contributed by atoms with van der Waals surface area (Å²) >= 11 is 2.26.